The summed E-state index contributed by atoms with van der Waals surface area (Å²) in [5.41, 5.74) is 7.57. The number of rotatable bonds is 8. The summed E-state index contributed by atoms with van der Waals surface area (Å²) in [6.45, 7) is 3.00. The fraction of sp³-hybridized carbons (Fsp3) is 0.385. The molecule has 0 spiro atoms. The van der Waals surface area contributed by atoms with Crippen molar-refractivity contribution in [2.45, 2.75) is 44.8 Å². The number of aliphatic hydroxyl groups excluding tert-OH is 1. The number of hydrogen-bond donors (Lipinski definition) is 3. The van der Waals surface area contributed by atoms with E-state index < -0.39 is 24.4 Å². The van der Waals surface area contributed by atoms with Gasteiger partial charge in [0.2, 0.25) is 0 Å². The van der Waals surface area contributed by atoms with Crippen LogP contribution >= 0.6 is 0 Å². The lowest BCUT2D eigenvalue weighted by molar-refractivity contribution is -0.154. The fourth-order valence-corrected chi connectivity index (χ4v) is 4.28. The first-order valence-corrected chi connectivity index (χ1v) is 12.2. The van der Waals surface area contributed by atoms with Gasteiger partial charge < -0.3 is 30.2 Å². The van der Waals surface area contributed by atoms with Crippen molar-refractivity contribution in [2.24, 2.45) is 17.8 Å². The molecule has 11 nitrogen and oxygen atoms in total. The van der Waals surface area contributed by atoms with Gasteiger partial charge >= 0.3 is 6.18 Å². The molecule has 1 unspecified atom stereocenters. The summed E-state index contributed by atoms with van der Waals surface area (Å²) < 4.78 is 51.3. The van der Waals surface area contributed by atoms with Crippen molar-refractivity contribution in [2.75, 3.05) is 14.2 Å². The van der Waals surface area contributed by atoms with Crippen LogP contribution in [-0.4, -0.2) is 62.3 Å². The summed E-state index contributed by atoms with van der Waals surface area (Å²) in [5.74, 6) is 0.948. The molecule has 2 aromatic heterocycles. The molecular formula is C26H30F3N7O4. The average Bonchev–Trinajstić information content (AvgIpc) is 3.23. The van der Waals surface area contributed by atoms with E-state index in [-0.39, 0.29) is 17.8 Å². The Labute approximate surface area is 227 Å². The summed E-state index contributed by atoms with van der Waals surface area (Å²) in [4.78, 5) is 22.4. The number of ether oxygens (including phenoxy) is 2. The van der Waals surface area contributed by atoms with Crippen LogP contribution < -0.4 is 26.1 Å². The molecule has 214 valence electrons. The molecule has 0 saturated heterocycles. The first-order chi connectivity index (χ1) is 18.7. The molecular weight excluding hydrogens is 531 g/mol. The lowest BCUT2D eigenvalue weighted by Gasteiger charge is -2.31. The second kappa shape index (κ2) is 10.8. The third-order valence-corrected chi connectivity index (χ3v) is 6.40. The number of aryl methyl sites for hydroxylation is 1. The van der Waals surface area contributed by atoms with E-state index in [9.17, 15) is 23.1 Å². The highest BCUT2D eigenvalue weighted by Gasteiger charge is 2.33. The van der Waals surface area contributed by atoms with Gasteiger partial charge in [0.1, 0.15) is 34.3 Å². The number of aliphatic imine (C=N–C) groups is 1. The molecule has 0 bridgehead atoms. The number of alkyl halides is 3. The second-order valence-corrected chi connectivity index (χ2v) is 9.63. The molecule has 3 heterocycles. The number of aromatic nitrogens is 4. The molecule has 2 atom stereocenters. The van der Waals surface area contributed by atoms with Crippen molar-refractivity contribution in [3.8, 4) is 22.8 Å². The topological polar surface area (TPSA) is 142 Å². The molecule has 14 heteroatoms. The summed E-state index contributed by atoms with van der Waals surface area (Å²) in [7, 11) is 4.58. The van der Waals surface area contributed by atoms with Gasteiger partial charge in [-0.15, -0.1) is 0 Å². The van der Waals surface area contributed by atoms with Crippen molar-refractivity contribution < 1.29 is 27.8 Å². The maximum atomic E-state index is 13.1. The minimum absolute atomic E-state index is 0.120. The summed E-state index contributed by atoms with van der Waals surface area (Å²) in [6, 6.07) is 5.00. The van der Waals surface area contributed by atoms with Crippen LogP contribution in [0.25, 0.3) is 17.0 Å². The summed E-state index contributed by atoms with van der Waals surface area (Å²) in [6.07, 6.45) is -2.96. The van der Waals surface area contributed by atoms with E-state index in [0.29, 0.717) is 45.4 Å². The van der Waals surface area contributed by atoms with Crippen molar-refractivity contribution in [3.63, 3.8) is 0 Å². The Kier molecular flexibility index (Phi) is 7.76. The Bertz CT molecular complexity index is 1520. The van der Waals surface area contributed by atoms with E-state index in [1.807, 2.05) is 0 Å². The second-order valence-electron chi connectivity index (χ2n) is 9.63. The van der Waals surface area contributed by atoms with Gasteiger partial charge in [0.15, 0.2) is 0 Å². The Morgan fingerprint density at radius 3 is 2.45 bits per heavy atom. The predicted molar refractivity (Wildman–Crippen MR) is 142 cm³/mol. The van der Waals surface area contributed by atoms with Gasteiger partial charge in [-0.1, -0.05) is 0 Å². The largest absolute Gasteiger partial charge is 0.497 e. The molecule has 0 aliphatic carbocycles. The smallest absolute Gasteiger partial charge is 0.391 e. The van der Waals surface area contributed by atoms with Crippen molar-refractivity contribution in [3.05, 3.63) is 64.1 Å². The fourth-order valence-electron chi connectivity index (χ4n) is 4.28. The number of halogens is 3. The number of aliphatic hydroxyl groups is 1. The van der Waals surface area contributed by atoms with Crippen molar-refractivity contribution in [1.82, 2.24) is 24.6 Å². The van der Waals surface area contributed by atoms with Gasteiger partial charge in [0.25, 0.3) is 5.56 Å². The monoisotopic (exact) mass is 561 g/mol. The normalized spacial score (nSPS) is 18.1. The van der Waals surface area contributed by atoms with Gasteiger partial charge in [0.05, 0.1) is 45.2 Å². The Balaban J connectivity index is 1.75. The average molecular weight is 562 g/mol. The summed E-state index contributed by atoms with van der Waals surface area (Å²) >= 11 is 0. The first kappa shape index (κ1) is 28.8. The number of nitrogens with one attached hydrogen (secondary N) is 1. The first-order valence-electron chi connectivity index (χ1n) is 12.2. The molecule has 1 aliphatic heterocycles. The predicted octanol–water partition coefficient (Wildman–Crippen LogP) is 2.35. The number of nitrogens with zero attached hydrogens (tertiary/aromatic N) is 5. The quantitative estimate of drug-likeness (QED) is 0.381. The molecule has 0 fully saturated rings. The van der Waals surface area contributed by atoms with Crippen LogP contribution in [0.3, 0.4) is 0 Å². The number of nitrogens with two attached hydrogens (primary N) is 1. The van der Waals surface area contributed by atoms with Crippen LogP contribution in [0.4, 0.5) is 13.2 Å². The third-order valence-electron chi connectivity index (χ3n) is 6.40. The van der Waals surface area contributed by atoms with E-state index >= 15 is 0 Å². The van der Waals surface area contributed by atoms with Crippen molar-refractivity contribution >= 4 is 11.4 Å². The van der Waals surface area contributed by atoms with E-state index in [4.69, 9.17) is 20.2 Å². The molecule has 0 amide bonds. The van der Waals surface area contributed by atoms with Crippen LogP contribution in [-0.2, 0) is 13.6 Å². The lowest BCUT2D eigenvalue weighted by Crippen LogP contribution is -2.57. The lowest BCUT2D eigenvalue weighted by atomic mass is 10.0. The highest BCUT2D eigenvalue weighted by molar-refractivity contribution is 6.09. The van der Waals surface area contributed by atoms with E-state index in [2.05, 4.69) is 15.4 Å². The minimum atomic E-state index is -4.50. The van der Waals surface area contributed by atoms with E-state index in [0.717, 1.165) is 0 Å². The zero-order valence-electron chi connectivity index (χ0n) is 22.6. The van der Waals surface area contributed by atoms with Gasteiger partial charge in [-0.25, -0.2) is 9.98 Å². The Morgan fingerprint density at radius 1 is 1.20 bits per heavy atom. The highest BCUT2D eigenvalue weighted by atomic mass is 19.4. The van der Waals surface area contributed by atoms with Crippen LogP contribution in [0.5, 0.6) is 11.5 Å². The maximum Gasteiger partial charge on any atom is 0.391 e. The van der Waals surface area contributed by atoms with Crippen LogP contribution in [0, 0.1) is 6.92 Å². The van der Waals surface area contributed by atoms with Gasteiger partial charge in [-0.05, 0) is 26.0 Å². The number of hydrogen-bond acceptors (Lipinski definition) is 9. The Morgan fingerprint density at radius 2 is 1.85 bits per heavy atom. The Hall–Kier alpha value is -4.17. The molecule has 4 N–H and O–H groups in total. The zero-order valence-corrected chi connectivity index (χ0v) is 22.6. The van der Waals surface area contributed by atoms with Gasteiger partial charge in [0, 0.05) is 42.3 Å². The SMILES string of the molecule is COc1cc(OC)cc(-c2nc(C3=NC(c4cnn(C[C@H](O)CC(F)(F)F)c4C)=CNC3(C)N)cn(C)c2=O)c1. The standard InChI is InChI=1S/C26H30F3N7O4/c1-14-19(10-32-36(14)12-16(37)9-26(27,28)29)20-11-31-25(2,30)23(34-20)21-13-35(3)24(38)22(33-21)15-6-17(39-4)8-18(7-15)40-5/h6-8,10-11,13,16,31,37H,9,12,30H2,1-5H3/t16-,25?/m1/s1. The van der Waals surface area contributed by atoms with Crippen LogP contribution in [0.1, 0.15) is 30.3 Å². The molecule has 3 aromatic rings. The maximum absolute atomic E-state index is 13.1. The summed E-state index contributed by atoms with van der Waals surface area (Å²) in [5, 5.41) is 17.1. The minimum Gasteiger partial charge on any atom is -0.497 e. The number of benzene rings is 1. The molecule has 0 radical (unpaired) electrons. The van der Waals surface area contributed by atoms with E-state index in [1.165, 1.54) is 35.9 Å². The van der Waals surface area contributed by atoms with Gasteiger partial charge in [-0.3, -0.25) is 9.48 Å². The molecule has 40 heavy (non-hydrogen) atoms. The van der Waals surface area contributed by atoms with Crippen LogP contribution in [0.15, 0.2) is 46.6 Å². The highest BCUT2D eigenvalue weighted by Crippen LogP contribution is 2.29. The molecule has 4 rings (SSSR count). The van der Waals surface area contributed by atoms with Crippen LogP contribution in [0.2, 0.25) is 0 Å². The van der Waals surface area contributed by atoms with E-state index in [1.54, 1.807) is 45.3 Å². The molecule has 1 aliphatic rings. The van der Waals surface area contributed by atoms with Crippen molar-refractivity contribution in [1.29, 1.82) is 0 Å². The zero-order chi connectivity index (χ0) is 29.4. The third kappa shape index (κ3) is 6.02. The molecule has 1 aromatic carbocycles. The number of methoxy groups -OCH3 is 2. The molecule has 0 saturated carbocycles. The van der Waals surface area contributed by atoms with Gasteiger partial charge in [-0.2, -0.15) is 18.3 Å².